The molecule has 0 atom stereocenters. The highest BCUT2D eigenvalue weighted by molar-refractivity contribution is 5.84. The predicted molar refractivity (Wildman–Crippen MR) is 89.8 cm³/mol. The fourth-order valence-corrected chi connectivity index (χ4v) is 2.96. The van der Waals surface area contributed by atoms with Gasteiger partial charge in [-0.3, -0.25) is 4.68 Å². The van der Waals surface area contributed by atoms with Gasteiger partial charge in [-0.05, 0) is 24.3 Å². The van der Waals surface area contributed by atoms with Crippen molar-refractivity contribution in [3.63, 3.8) is 0 Å². The molecule has 6 nitrogen and oxygen atoms in total. The van der Waals surface area contributed by atoms with Crippen LogP contribution in [-0.4, -0.2) is 36.0 Å². The molecule has 6 heteroatoms. The summed E-state index contributed by atoms with van der Waals surface area (Å²) in [5.41, 5.74) is 2.48. The summed E-state index contributed by atoms with van der Waals surface area (Å²) in [6, 6.07) is 9.69. The lowest BCUT2D eigenvalue weighted by molar-refractivity contribution is 0.561. The van der Waals surface area contributed by atoms with E-state index in [4.69, 9.17) is 4.42 Å². The van der Waals surface area contributed by atoms with Crippen LogP contribution in [0.5, 0.6) is 0 Å². The first-order valence-corrected chi connectivity index (χ1v) is 7.74. The van der Waals surface area contributed by atoms with Crippen LogP contribution >= 0.6 is 0 Å². The summed E-state index contributed by atoms with van der Waals surface area (Å²) in [6.45, 7) is 3.87. The summed E-state index contributed by atoms with van der Waals surface area (Å²) < 4.78 is 7.21. The van der Waals surface area contributed by atoms with E-state index in [1.54, 1.807) is 4.68 Å². The largest absolute Gasteiger partial charge is 0.422 e. The Kier molecular flexibility index (Phi) is 3.38. The van der Waals surface area contributed by atoms with E-state index in [1.165, 1.54) is 0 Å². The van der Waals surface area contributed by atoms with Gasteiger partial charge in [-0.15, -0.1) is 0 Å². The number of nitrogens with zero attached hydrogens (tertiary/aromatic N) is 3. The fourth-order valence-electron chi connectivity index (χ4n) is 2.96. The van der Waals surface area contributed by atoms with Crippen molar-refractivity contribution < 1.29 is 4.42 Å². The summed E-state index contributed by atoms with van der Waals surface area (Å²) in [5.74, 6) is 0. The molecule has 1 aliphatic heterocycles. The normalized spacial score (nSPS) is 15.3. The van der Waals surface area contributed by atoms with E-state index in [1.807, 2.05) is 37.5 Å². The zero-order valence-corrected chi connectivity index (χ0v) is 13.0. The Morgan fingerprint density at radius 3 is 2.74 bits per heavy atom. The van der Waals surface area contributed by atoms with Crippen LogP contribution in [0.1, 0.15) is 0 Å². The minimum atomic E-state index is -0.353. The van der Waals surface area contributed by atoms with Gasteiger partial charge in [-0.2, -0.15) is 5.10 Å². The number of nitrogens with one attached hydrogen (secondary N) is 1. The smallest absolute Gasteiger partial charge is 0.345 e. The van der Waals surface area contributed by atoms with Crippen molar-refractivity contribution in [1.82, 2.24) is 15.1 Å². The van der Waals surface area contributed by atoms with Gasteiger partial charge in [0.25, 0.3) is 0 Å². The molecule has 1 fully saturated rings. The maximum Gasteiger partial charge on any atom is 0.345 e. The summed E-state index contributed by atoms with van der Waals surface area (Å²) in [5, 5.41) is 8.52. The Labute approximate surface area is 133 Å². The number of piperazine rings is 1. The number of benzene rings is 1. The number of aromatic nitrogens is 2. The van der Waals surface area contributed by atoms with Crippen LogP contribution in [0.3, 0.4) is 0 Å². The minimum Gasteiger partial charge on any atom is -0.422 e. The average molecular weight is 310 g/mol. The second-order valence-corrected chi connectivity index (χ2v) is 5.78. The lowest BCUT2D eigenvalue weighted by Crippen LogP contribution is -2.43. The first kappa shape index (κ1) is 14.0. The van der Waals surface area contributed by atoms with E-state index < -0.39 is 0 Å². The van der Waals surface area contributed by atoms with Gasteiger partial charge in [-0.25, -0.2) is 4.79 Å². The molecule has 4 rings (SSSR count). The topological polar surface area (TPSA) is 63.3 Å². The monoisotopic (exact) mass is 310 g/mol. The molecule has 0 unspecified atom stereocenters. The van der Waals surface area contributed by atoms with Crippen molar-refractivity contribution in [3.8, 4) is 11.3 Å². The highest BCUT2D eigenvalue weighted by Gasteiger charge is 2.14. The lowest BCUT2D eigenvalue weighted by Gasteiger charge is -2.29. The Morgan fingerprint density at radius 2 is 2.00 bits per heavy atom. The van der Waals surface area contributed by atoms with Gasteiger partial charge in [0.2, 0.25) is 0 Å². The number of rotatable bonds is 2. The van der Waals surface area contributed by atoms with Crippen molar-refractivity contribution in [2.45, 2.75) is 0 Å². The van der Waals surface area contributed by atoms with E-state index in [2.05, 4.69) is 21.4 Å². The highest BCUT2D eigenvalue weighted by atomic mass is 16.4. The van der Waals surface area contributed by atoms with Crippen LogP contribution in [0.4, 0.5) is 5.69 Å². The van der Waals surface area contributed by atoms with Gasteiger partial charge in [0.1, 0.15) is 5.58 Å². The van der Waals surface area contributed by atoms with E-state index in [0.717, 1.165) is 37.3 Å². The zero-order valence-electron chi connectivity index (χ0n) is 13.0. The zero-order chi connectivity index (χ0) is 15.8. The molecule has 0 amide bonds. The van der Waals surface area contributed by atoms with Gasteiger partial charge < -0.3 is 14.6 Å². The van der Waals surface area contributed by atoms with Crippen LogP contribution < -0.4 is 15.8 Å². The standard InChI is InChI=1S/C17H18N4O2/c1-20-7-4-15(19-20)14-10-12-2-3-13(11-16(12)23-17(14)22)21-8-5-18-6-9-21/h2-4,7,10-11,18H,5-6,8-9H2,1H3. The van der Waals surface area contributed by atoms with Crippen molar-refractivity contribution in [1.29, 1.82) is 0 Å². The van der Waals surface area contributed by atoms with Crippen LogP contribution in [0.2, 0.25) is 0 Å². The van der Waals surface area contributed by atoms with Gasteiger partial charge in [0, 0.05) is 56.6 Å². The maximum absolute atomic E-state index is 12.3. The molecule has 0 saturated carbocycles. The number of hydrogen-bond acceptors (Lipinski definition) is 5. The molecule has 3 aromatic rings. The van der Waals surface area contributed by atoms with E-state index in [0.29, 0.717) is 16.8 Å². The molecule has 1 aromatic carbocycles. The molecule has 1 N–H and O–H groups in total. The average Bonchev–Trinajstić information content (AvgIpc) is 3.01. The third kappa shape index (κ3) is 2.61. The van der Waals surface area contributed by atoms with Crippen LogP contribution in [0.15, 0.2) is 45.7 Å². The van der Waals surface area contributed by atoms with E-state index in [9.17, 15) is 4.79 Å². The SMILES string of the molecule is Cn1ccc(-c2cc3ccc(N4CCNCC4)cc3oc2=O)n1. The molecule has 3 heterocycles. The molecule has 0 spiro atoms. The summed E-state index contributed by atoms with van der Waals surface area (Å²) in [6.07, 6.45) is 1.81. The lowest BCUT2D eigenvalue weighted by atomic mass is 10.1. The number of hydrogen-bond donors (Lipinski definition) is 1. The van der Waals surface area contributed by atoms with E-state index >= 15 is 0 Å². The van der Waals surface area contributed by atoms with Crippen molar-refractivity contribution in [3.05, 3.63) is 46.9 Å². The van der Waals surface area contributed by atoms with Crippen molar-refractivity contribution in [2.75, 3.05) is 31.1 Å². The van der Waals surface area contributed by atoms with E-state index in [-0.39, 0.29) is 5.63 Å². The van der Waals surface area contributed by atoms with Crippen LogP contribution in [0.25, 0.3) is 22.2 Å². The number of fused-ring (bicyclic) bond motifs is 1. The maximum atomic E-state index is 12.3. The number of aryl methyl sites for hydroxylation is 1. The Morgan fingerprint density at radius 1 is 1.17 bits per heavy atom. The summed E-state index contributed by atoms with van der Waals surface area (Å²) in [4.78, 5) is 14.6. The second-order valence-electron chi connectivity index (χ2n) is 5.78. The molecular weight excluding hydrogens is 292 g/mol. The van der Waals surface area contributed by atoms with Gasteiger partial charge in [-0.1, -0.05) is 0 Å². The molecule has 0 bridgehead atoms. The fraction of sp³-hybridized carbons (Fsp3) is 0.294. The number of anilines is 1. The molecule has 2 aromatic heterocycles. The highest BCUT2D eigenvalue weighted by Crippen LogP contribution is 2.24. The minimum absolute atomic E-state index is 0.353. The van der Waals surface area contributed by atoms with Gasteiger partial charge in [0.05, 0.1) is 11.3 Å². The van der Waals surface area contributed by atoms with Crippen molar-refractivity contribution in [2.24, 2.45) is 7.05 Å². The summed E-state index contributed by atoms with van der Waals surface area (Å²) >= 11 is 0. The third-order valence-electron chi connectivity index (χ3n) is 4.19. The van der Waals surface area contributed by atoms with Crippen molar-refractivity contribution >= 4 is 16.7 Å². The first-order chi connectivity index (χ1) is 11.2. The quantitative estimate of drug-likeness (QED) is 0.729. The second kappa shape index (κ2) is 5.55. The van der Waals surface area contributed by atoms with Gasteiger partial charge in [0.15, 0.2) is 0 Å². The molecule has 1 aliphatic rings. The van der Waals surface area contributed by atoms with Gasteiger partial charge >= 0.3 is 5.63 Å². The Hall–Kier alpha value is -2.60. The predicted octanol–water partition coefficient (Wildman–Crippen LogP) is 1.60. The molecule has 0 radical (unpaired) electrons. The molecule has 23 heavy (non-hydrogen) atoms. The van der Waals surface area contributed by atoms with Crippen LogP contribution in [0, 0.1) is 0 Å². The Balaban J connectivity index is 1.77. The Bertz CT molecular complexity index is 906. The first-order valence-electron chi connectivity index (χ1n) is 7.74. The molecule has 0 aliphatic carbocycles. The molecule has 118 valence electrons. The van der Waals surface area contributed by atoms with Crippen LogP contribution in [-0.2, 0) is 7.05 Å². The summed E-state index contributed by atoms with van der Waals surface area (Å²) in [7, 11) is 1.83. The third-order valence-corrected chi connectivity index (χ3v) is 4.19. The molecule has 1 saturated heterocycles. The molecular formula is C17H18N4O2.